The molecule has 0 aliphatic rings. The van der Waals surface area contributed by atoms with Crippen LogP contribution in [0.15, 0.2) is 29.8 Å². The molecule has 0 atom stereocenters. The van der Waals surface area contributed by atoms with E-state index in [9.17, 15) is 4.79 Å². The van der Waals surface area contributed by atoms with Crippen molar-refractivity contribution in [3.05, 3.63) is 34.8 Å². The van der Waals surface area contributed by atoms with Gasteiger partial charge in [0, 0.05) is 24.5 Å². The molecule has 0 saturated heterocycles. The summed E-state index contributed by atoms with van der Waals surface area (Å²) < 4.78 is 0. The van der Waals surface area contributed by atoms with Crippen LogP contribution in [0.4, 0.5) is 0 Å². The predicted molar refractivity (Wildman–Crippen MR) is 94.8 cm³/mol. The maximum atomic E-state index is 11.6. The Morgan fingerprint density at radius 3 is 2.64 bits per heavy atom. The molecule has 0 fully saturated rings. The van der Waals surface area contributed by atoms with Crippen molar-refractivity contribution >= 4 is 42.1 Å². The Kier molecular flexibility index (Phi) is 8.55. The summed E-state index contributed by atoms with van der Waals surface area (Å²) in [7, 11) is 0. The molecule has 2 rings (SSSR count). The number of carbonyl (C=O) groups excluding carboxylic acids is 1. The highest BCUT2D eigenvalue weighted by atomic mass is 35.5. The summed E-state index contributed by atoms with van der Waals surface area (Å²) in [6.45, 7) is 3.91. The first kappa shape index (κ1) is 20.8. The van der Waals surface area contributed by atoms with Crippen LogP contribution in [0.2, 0.25) is 0 Å². The van der Waals surface area contributed by atoms with Crippen molar-refractivity contribution in [2.75, 3.05) is 6.54 Å². The Labute approximate surface area is 146 Å². The zero-order chi connectivity index (χ0) is 14.6. The second-order valence-electron chi connectivity index (χ2n) is 5.07. The lowest BCUT2D eigenvalue weighted by molar-refractivity contribution is -0.125. The number of amides is 1. The fourth-order valence-corrected chi connectivity index (χ4v) is 2.36. The minimum atomic E-state index is -0.845. The Balaban J connectivity index is 0.00000220. The lowest BCUT2D eigenvalue weighted by Gasteiger charge is -2.17. The topological polar surface area (TPSA) is 80.9 Å². The average Bonchev–Trinajstić information content (AvgIpc) is 2.87. The molecule has 2 aromatic rings. The van der Waals surface area contributed by atoms with Crippen molar-refractivity contribution < 1.29 is 4.79 Å². The van der Waals surface area contributed by atoms with Gasteiger partial charge in [0.2, 0.25) is 5.91 Å². The Hall–Kier alpha value is -1.21. The number of nitrogens with zero attached hydrogens (tertiary/aromatic N) is 2. The monoisotopic (exact) mass is 362 g/mol. The number of hydrogen-bond donors (Lipinski definition) is 2. The first-order valence-electron chi connectivity index (χ1n) is 6.40. The van der Waals surface area contributed by atoms with Crippen molar-refractivity contribution in [3.63, 3.8) is 0 Å². The second-order valence-corrected chi connectivity index (χ2v) is 6.01. The first-order chi connectivity index (χ1) is 9.47. The van der Waals surface area contributed by atoms with E-state index in [1.54, 1.807) is 31.4 Å². The summed E-state index contributed by atoms with van der Waals surface area (Å²) >= 11 is 1.57. The summed E-state index contributed by atoms with van der Waals surface area (Å²) in [6, 6.07) is 5.74. The van der Waals surface area contributed by atoms with E-state index in [4.69, 9.17) is 5.73 Å². The number of pyridine rings is 1. The standard InChI is InChI=1S/C14H18N4OS.2ClH/c1-14(2,15)13(19)17-8-6-12-18-11(9-20-12)10-5-3-4-7-16-10;;/h3-5,7,9H,6,8,15H2,1-2H3,(H,17,19);2*1H. The number of hydrogen-bond acceptors (Lipinski definition) is 5. The Bertz CT molecular complexity index is 584. The van der Waals surface area contributed by atoms with Gasteiger partial charge in [-0.25, -0.2) is 4.98 Å². The first-order valence-corrected chi connectivity index (χ1v) is 7.28. The second kappa shape index (κ2) is 9.05. The van der Waals surface area contributed by atoms with Crippen LogP contribution in [0.5, 0.6) is 0 Å². The van der Waals surface area contributed by atoms with Gasteiger partial charge >= 0.3 is 0 Å². The van der Waals surface area contributed by atoms with E-state index >= 15 is 0 Å². The normalized spacial score (nSPS) is 10.3. The molecule has 5 nitrogen and oxygen atoms in total. The Morgan fingerprint density at radius 1 is 1.32 bits per heavy atom. The van der Waals surface area contributed by atoms with Crippen LogP contribution >= 0.6 is 36.2 Å². The molecule has 0 aliphatic heterocycles. The summed E-state index contributed by atoms with van der Waals surface area (Å²) in [4.78, 5) is 20.4. The molecule has 0 spiro atoms. The lowest BCUT2D eigenvalue weighted by atomic mass is 10.1. The molecule has 2 heterocycles. The number of rotatable bonds is 5. The van der Waals surface area contributed by atoms with Gasteiger partial charge in [0.1, 0.15) is 0 Å². The number of halogens is 2. The van der Waals surface area contributed by atoms with Crippen molar-refractivity contribution in [3.8, 4) is 11.4 Å². The van der Waals surface area contributed by atoms with E-state index in [1.807, 2.05) is 23.6 Å². The average molecular weight is 363 g/mol. The van der Waals surface area contributed by atoms with Crippen molar-refractivity contribution in [2.45, 2.75) is 25.8 Å². The van der Waals surface area contributed by atoms with Crippen molar-refractivity contribution in [2.24, 2.45) is 5.73 Å². The van der Waals surface area contributed by atoms with Crippen molar-refractivity contribution in [1.82, 2.24) is 15.3 Å². The van der Waals surface area contributed by atoms with Gasteiger partial charge in [0.05, 0.1) is 21.9 Å². The van der Waals surface area contributed by atoms with E-state index in [2.05, 4.69) is 15.3 Å². The number of thiazole rings is 1. The van der Waals surface area contributed by atoms with Crippen LogP contribution in [0.25, 0.3) is 11.4 Å². The van der Waals surface area contributed by atoms with Gasteiger partial charge in [-0.15, -0.1) is 36.2 Å². The number of aromatic nitrogens is 2. The third kappa shape index (κ3) is 5.88. The third-order valence-electron chi connectivity index (χ3n) is 2.69. The highest BCUT2D eigenvalue weighted by Crippen LogP contribution is 2.19. The zero-order valence-electron chi connectivity index (χ0n) is 12.4. The molecule has 1 amide bonds. The molecule has 22 heavy (non-hydrogen) atoms. The summed E-state index contributed by atoms with van der Waals surface area (Å²) in [5.74, 6) is -0.154. The fourth-order valence-electron chi connectivity index (χ4n) is 1.57. The number of nitrogens with two attached hydrogens (primary N) is 1. The fraction of sp³-hybridized carbons (Fsp3) is 0.357. The molecule has 0 radical (unpaired) electrons. The maximum Gasteiger partial charge on any atom is 0.239 e. The predicted octanol–water partition coefficient (Wildman–Crippen LogP) is 2.44. The molecule has 122 valence electrons. The largest absolute Gasteiger partial charge is 0.354 e. The van der Waals surface area contributed by atoms with Crippen LogP contribution in [-0.4, -0.2) is 28.0 Å². The van der Waals surface area contributed by atoms with Gasteiger partial charge < -0.3 is 11.1 Å². The summed E-state index contributed by atoms with van der Waals surface area (Å²) in [5, 5.41) is 5.76. The van der Waals surface area contributed by atoms with Gasteiger partial charge in [-0.05, 0) is 26.0 Å². The summed E-state index contributed by atoms with van der Waals surface area (Å²) in [5.41, 5.74) is 6.59. The summed E-state index contributed by atoms with van der Waals surface area (Å²) in [6.07, 6.45) is 2.44. The molecule has 0 aliphatic carbocycles. The molecule has 2 aromatic heterocycles. The van der Waals surface area contributed by atoms with Crippen LogP contribution in [-0.2, 0) is 11.2 Å². The van der Waals surface area contributed by atoms with E-state index in [-0.39, 0.29) is 30.7 Å². The van der Waals surface area contributed by atoms with Crippen LogP contribution in [0.1, 0.15) is 18.9 Å². The zero-order valence-corrected chi connectivity index (χ0v) is 14.9. The molecule has 0 unspecified atom stereocenters. The third-order valence-corrected chi connectivity index (χ3v) is 3.60. The molecular weight excluding hydrogens is 343 g/mol. The lowest BCUT2D eigenvalue weighted by Crippen LogP contribution is -2.49. The molecule has 0 bridgehead atoms. The highest BCUT2D eigenvalue weighted by Gasteiger charge is 2.21. The van der Waals surface area contributed by atoms with Gasteiger partial charge in [0.25, 0.3) is 0 Å². The van der Waals surface area contributed by atoms with Gasteiger partial charge in [-0.2, -0.15) is 0 Å². The molecule has 8 heteroatoms. The van der Waals surface area contributed by atoms with Crippen LogP contribution in [0.3, 0.4) is 0 Å². The van der Waals surface area contributed by atoms with Gasteiger partial charge in [0.15, 0.2) is 0 Å². The molecular formula is C14H20Cl2N4OS. The minimum absolute atomic E-state index is 0. The van der Waals surface area contributed by atoms with E-state index in [0.717, 1.165) is 16.4 Å². The molecule has 0 aromatic carbocycles. The molecule has 0 saturated carbocycles. The Morgan fingerprint density at radius 2 is 2.05 bits per heavy atom. The minimum Gasteiger partial charge on any atom is -0.354 e. The SMILES string of the molecule is CC(C)(N)C(=O)NCCc1nc(-c2ccccn2)cs1.Cl.Cl. The van der Waals surface area contributed by atoms with Gasteiger partial charge in [-0.1, -0.05) is 6.07 Å². The van der Waals surface area contributed by atoms with E-state index < -0.39 is 5.54 Å². The van der Waals surface area contributed by atoms with E-state index in [0.29, 0.717) is 13.0 Å². The quantitative estimate of drug-likeness (QED) is 0.855. The highest BCUT2D eigenvalue weighted by molar-refractivity contribution is 7.09. The van der Waals surface area contributed by atoms with Crippen LogP contribution in [0, 0.1) is 0 Å². The van der Waals surface area contributed by atoms with Gasteiger partial charge in [-0.3, -0.25) is 9.78 Å². The van der Waals surface area contributed by atoms with Crippen LogP contribution < -0.4 is 11.1 Å². The smallest absolute Gasteiger partial charge is 0.239 e. The number of nitrogens with one attached hydrogen (secondary N) is 1. The maximum absolute atomic E-state index is 11.6. The molecule has 3 N–H and O–H groups in total. The number of carbonyl (C=O) groups is 1. The van der Waals surface area contributed by atoms with E-state index in [1.165, 1.54) is 0 Å². The van der Waals surface area contributed by atoms with Crippen molar-refractivity contribution in [1.29, 1.82) is 0 Å².